The molecule has 1 amide bonds. The van der Waals surface area contributed by atoms with Crippen molar-refractivity contribution in [3.05, 3.63) is 53.6 Å². The number of nitrogens with zero attached hydrogens (tertiary/aromatic N) is 4. The van der Waals surface area contributed by atoms with Crippen LogP contribution in [0.4, 0.5) is 16.0 Å². The van der Waals surface area contributed by atoms with Crippen molar-refractivity contribution < 1.29 is 9.18 Å². The van der Waals surface area contributed by atoms with Gasteiger partial charge in [0, 0.05) is 62.0 Å². The summed E-state index contributed by atoms with van der Waals surface area (Å²) in [5, 5.41) is 7.67. The average molecular weight is 459 g/mol. The predicted octanol–water partition coefficient (Wildman–Crippen LogP) is 3.75. The summed E-state index contributed by atoms with van der Waals surface area (Å²) >= 11 is 0. The maximum Gasteiger partial charge on any atom is 0.228 e. The summed E-state index contributed by atoms with van der Waals surface area (Å²) in [6.07, 6.45) is 7.68. The molecule has 8 heteroatoms. The van der Waals surface area contributed by atoms with E-state index < -0.39 is 6.17 Å². The lowest BCUT2D eigenvalue weighted by atomic mass is 10.1. The first-order valence-corrected chi connectivity index (χ1v) is 11.7. The number of likely N-dealkylation sites (tertiary alicyclic amines) is 1. The topological polar surface area (TPSA) is 83.0 Å². The molecule has 2 aliphatic rings. The third kappa shape index (κ3) is 5.15. The molecule has 0 unspecified atom stereocenters. The highest BCUT2D eigenvalue weighted by Gasteiger charge is 2.29. The molecule has 3 aromatic rings. The van der Waals surface area contributed by atoms with E-state index in [9.17, 15) is 9.18 Å². The highest BCUT2D eigenvalue weighted by atomic mass is 19.1. The molecule has 0 bridgehead atoms. The Morgan fingerprint density at radius 1 is 1.06 bits per heavy atom. The van der Waals surface area contributed by atoms with Crippen LogP contribution in [0.3, 0.4) is 0 Å². The van der Waals surface area contributed by atoms with E-state index in [0.29, 0.717) is 30.2 Å². The number of hydrogen-bond donors (Lipinski definition) is 2. The number of aromatic nitrogens is 3. The third-order valence-corrected chi connectivity index (χ3v) is 6.28. The van der Waals surface area contributed by atoms with E-state index in [2.05, 4.69) is 42.3 Å². The van der Waals surface area contributed by atoms with Gasteiger partial charge in [0.15, 0.2) is 0 Å². The van der Waals surface area contributed by atoms with Gasteiger partial charge >= 0.3 is 0 Å². The lowest BCUT2D eigenvalue weighted by Gasteiger charge is -2.28. The van der Waals surface area contributed by atoms with Crippen LogP contribution in [-0.4, -0.2) is 52.1 Å². The van der Waals surface area contributed by atoms with Crippen LogP contribution < -0.4 is 10.6 Å². The first kappa shape index (κ1) is 22.2. The highest BCUT2D eigenvalue weighted by Crippen LogP contribution is 2.31. The average Bonchev–Trinajstić information content (AvgIpc) is 3.70. The number of amides is 1. The van der Waals surface area contributed by atoms with E-state index in [1.54, 1.807) is 19.4 Å². The predicted molar refractivity (Wildman–Crippen MR) is 130 cm³/mol. The van der Waals surface area contributed by atoms with Crippen LogP contribution in [-0.2, 0) is 11.3 Å². The van der Waals surface area contributed by atoms with Crippen molar-refractivity contribution in [2.45, 2.75) is 38.4 Å². The molecular weight excluding hydrogens is 431 g/mol. The van der Waals surface area contributed by atoms with Crippen LogP contribution in [0.25, 0.3) is 10.8 Å². The molecule has 0 spiro atoms. The van der Waals surface area contributed by atoms with Crippen molar-refractivity contribution >= 4 is 28.3 Å². The molecule has 0 aromatic carbocycles. The van der Waals surface area contributed by atoms with Gasteiger partial charge in [-0.1, -0.05) is 12.0 Å². The molecule has 0 atom stereocenters. The molecule has 2 fully saturated rings. The Kier molecular flexibility index (Phi) is 6.37. The van der Waals surface area contributed by atoms with Crippen LogP contribution in [0.2, 0.25) is 0 Å². The van der Waals surface area contributed by atoms with Crippen LogP contribution in [0, 0.1) is 17.8 Å². The number of carbonyl (C=O) groups excluding carboxylic acids is 1. The van der Waals surface area contributed by atoms with E-state index in [-0.39, 0.29) is 11.8 Å². The van der Waals surface area contributed by atoms with Crippen molar-refractivity contribution in [2.24, 2.45) is 5.92 Å². The van der Waals surface area contributed by atoms with Crippen molar-refractivity contribution in [3.63, 3.8) is 0 Å². The van der Waals surface area contributed by atoms with Gasteiger partial charge in [0.1, 0.15) is 23.5 Å². The molecule has 5 rings (SSSR count). The summed E-state index contributed by atoms with van der Waals surface area (Å²) in [5.41, 5.74) is 2.49. The largest absolute Gasteiger partial charge is 0.373 e. The zero-order chi connectivity index (χ0) is 23.5. The third-order valence-electron chi connectivity index (χ3n) is 6.28. The Morgan fingerprint density at radius 3 is 2.59 bits per heavy atom. The van der Waals surface area contributed by atoms with Crippen molar-refractivity contribution in [1.29, 1.82) is 0 Å². The summed E-state index contributed by atoms with van der Waals surface area (Å²) in [4.78, 5) is 27.8. The van der Waals surface area contributed by atoms with Crippen molar-refractivity contribution in [2.75, 3.05) is 30.8 Å². The summed E-state index contributed by atoms with van der Waals surface area (Å²) in [5.74, 6) is 7.64. The molecule has 1 aliphatic carbocycles. The van der Waals surface area contributed by atoms with E-state index in [0.717, 1.165) is 54.4 Å². The number of hydrogen-bond acceptors (Lipinski definition) is 6. The number of alkyl halides is 1. The smallest absolute Gasteiger partial charge is 0.228 e. The van der Waals surface area contributed by atoms with Gasteiger partial charge in [-0.15, -0.1) is 0 Å². The fourth-order valence-corrected chi connectivity index (χ4v) is 4.12. The Hall–Kier alpha value is -3.57. The lowest BCUT2D eigenvalue weighted by molar-refractivity contribution is -0.117. The van der Waals surface area contributed by atoms with Gasteiger partial charge in [-0.25, -0.2) is 19.3 Å². The maximum absolute atomic E-state index is 13.3. The normalized spacial score (nSPS) is 16.6. The highest BCUT2D eigenvalue weighted by molar-refractivity contribution is 5.99. The Bertz CT molecular complexity index is 1250. The summed E-state index contributed by atoms with van der Waals surface area (Å²) in [6.45, 7) is 2.34. The number of carbonyl (C=O) groups is 1. The van der Waals surface area contributed by atoms with Crippen molar-refractivity contribution in [3.8, 4) is 11.8 Å². The summed E-state index contributed by atoms with van der Waals surface area (Å²) in [7, 11) is 1.81. The SMILES string of the molecule is CNc1ncc(C#Cc2ccc(CN3CCC(F)CC3)cn2)c2cc(NC(=O)C3CC3)ncc12. The number of pyridine rings is 3. The first-order chi connectivity index (χ1) is 16.6. The summed E-state index contributed by atoms with van der Waals surface area (Å²) in [6, 6.07) is 5.78. The fraction of sp³-hybridized carbons (Fsp3) is 0.385. The van der Waals surface area contributed by atoms with Crippen LogP contribution in [0.5, 0.6) is 0 Å². The fourth-order valence-electron chi connectivity index (χ4n) is 4.12. The number of halogens is 1. The Labute approximate surface area is 198 Å². The minimum absolute atomic E-state index is 0.0146. The van der Waals surface area contributed by atoms with Gasteiger partial charge in [0.2, 0.25) is 5.91 Å². The number of nitrogens with one attached hydrogen (secondary N) is 2. The van der Waals surface area contributed by atoms with E-state index in [1.165, 1.54) is 0 Å². The molecule has 2 N–H and O–H groups in total. The molecule has 1 saturated heterocycles. The van der Waals surface area contributed by atoms with Gasteiger partial charge in [-0.05, 0) is 49.3 Å². The zero-order valence-electron chi connectivity index (χ0n) is 19.1. The van der Waals surface area contributed by atoms with Gasteiger partial charge in [-0.3, -0.25) is 9.69 Å². The van der Waals surface area contributed by atoms with Crippen LogP contribution in [0.15, 0.2) is 36.8 Å². The molecule has 3 aromatic heterocycles. The second-order valence-electron chi connectivity index (χ2n) is 8.90. The quantitative estimate of drug-likeness (QED) is 0.567. The molecule has 1 aliphatic heterocycles. The molecule has 1 saturated carbocycles. The van der Waals surface area contributed by atoms with Gasteiger partial charge in [0.25, 0.3) is 0 Å². The molecular formula is C26H27FN6O. The second kappa shape index (κ2) is 9.74. The van der Waals surface area contributed by atoms with Gasteiger partial charge in [-0.2, -0.15) is 0 Å². The van der Waals surface area contributed by atoms with E-state index in [1.807, 2.05) is 24.4 Å². The Morgan fingerprint density at radius 2 is 1.88 bits per heavy atom. The maximum atomic E-state index is 13.3. The minimum atomic E-state index is -0.666. The van der Waals surface area contributed by atoms with Crippen molar-refractivity contribution in [1.82, 2.24) is 19.9 Å². The molecule has 4 heterocycles. The number of piperidine rings is 1. The van der Waals surface area contributed by atoms with Crippen LogP contribution >= 0.6 is 0 Å². The first-order valence-electron chi connectivity index (χ1n) is 11.7. The van der Waals surface area contributed by atoms with E-state index >= 15 is 0 Å². The molecule has 34 heavy (non-hydrogen) atoms. The standard InChI is InChI=1S/C26H27FN6O/c1-28-25-23-15-30-24(32-26(34)18-3-4-18)12-22(23)19(14-31-25)5-7-21-6-2-17(13-29-21)16-33-10-8-20(27)9-11-33/h2,6,12-15,18,20H,3-4,8-11,16H2,1H3,(H,28,31)(H,30,32,34). The second-order valence-corrected chi connectivity index (χ2v) is 8.90. The number of fused-ring (bicyclic) bond motifs is 1. The number of rotatable bonds is 5. The minimum Gasteiger partial charge on any atom is -0.373 e. The molecule has 174 valence electrons. The monoisotopic (exact) mass is 458 g/mol. The van der Waals surface area contributed by atoms with Crippen LogP contribution in [0.1, 0.15) is 42.5 Å². The Balaban J connectivity index is 1.35. The van der Waals surface area contributed by atoms with Gasteiger partial charge < -0.3 is 10.6 Å². The summed E-state index contributed by atoms with van der Waals surface area (Å²) < 4.78 is 13.3. The molecule has 0 radical (unpaired) electrons. The van der Waals surface area contributed by atoms with E-state index in [4.69, 9.17) is 0 Å². The molecule has 7 nitrogen and oxygen atoms in total. The zero-order valence-corrected chi connectivity index (χ0v) is 19.1. The van der Waals surface area contributed by atoms with Gasteiger partial charge in [0.05, 0.1) is 5.56 Å². The number of anilines is 2. The lowest BCUT2D eigenvalue weighted by Crippen LogP contribution is -2.33.